The van der Waals surface area contributed by atoms with Gasteiger partial charge in [-0.15, -0.1) is 0 Å². The zero-order valence-corrected chi connectivity index (χ0v) is 5.59. The SMILES string of the molecule is CC1CC(C)N2CC12. The quantitative estimate of drug-likeness (QED) is 0.423. The lowest BCUT2D eigenvalue weighted by atomic mass is 10.0. The summed E-state index contributed by atoms with van der Waals surface area (Å²) in [6.45, 7) is 6.10. The summed E-state index contributed by atoms with van der Waals surface area (Å²) in [7, 11) is 0. The van der Waals surface area contributed by atoms with E-state index in [1.807, 2.05) is 0 Å². The van der Waals surface area contributed by atoms with Crippen molar-refractivity contribution in [2.24, 2.45) is 5.92 Å². The molecule has 1 heteroatoms. The number of fused-ring (bicyclic) bond motifs is 1. The van der Waals surface area contributed by atoms with Gasteiger partial charge in [0.05, 0.1) is 0 Å². The molecule has 4 atom stereocenters. The summed E-state index contributed by atoms with van der Waals surface area (Å²) >= 11 is 0. The molecule has 8 heavy (non-hydrogen) atoms. The fraction of sp³-hybridized carbons (Fsp3) is 1.00. The summed E-state index contributed by atoms with van der Waals surface area (Å²) < 4.78 is 0. The van der Waals surface area contributed by atoms with Crippen LogP contribution in [0.5, 0.6) is 0 Å². The Morgan fingerprint density at radius 3 is 2.25 bits per heavy atom. The molecule has 2 heterocycles. The van der Waals surface area contributed by atoms with Crippen LogP contribution < -0.4 is 0 Å². The minimum Gasteiger partial charge on any atom is -0.295 e. The Labute approximate surface area is 50.7 Å². The molecule has 0 aromatic heterocycles. The van der Waals surface area contributed by atoms with Gasteiger partial charge in [-0.1, -0.05) is 6.92 Å². The number of piperidine rings is 1. The molecule has 4 unspecified atom stereocenters. The van der Waals surface area contributed by atoms with Gasteiger partial charge in [-0.25, -0.2) is 0 Å². The fourth-order valence-electron chi connectivity index (χ4n) is 2.01. The van der Waals surface area contributed by atoms with E-state index in [0.29, 0.717) is 0 Å². The van der Waals surface area contributed by atoms with Gasteiger partial charge >= 0.3 is 0 Å². The van der Waals surface area contributed by atoms with Crippen LogP contribution in [0.1, 0.15) is 20.3 Å². The molecule has 0 saturated carbocycles. The molecule has 0 aromatic carbocycles. The van der Waals surface area contributed by atoms with Gasteiger partial charge in [-0.05, 0) is 19.3 Å². The number of hydrogen-bond acceptors (Lipinski definition) is 1. The first kappa shape index (κ1) is 4.80. The van der Waals surface area contributed by atoms with Crippen LogP contribution in [0, 0.1) is 5.92 Å². The molecule has 0 N–H and O–H groups in total. The summed E-state index contributed by atoms with van der Waals surface area (Å²) in [6.07, 6.45) is 1.44. The number of rotatable bonds is 0. The second kappa shape index (κ2) is 1.27. The third kappa shape index (κ3) is 0.455. The van der Waals surface area contributed by atoms with Crippen molar-refractivity contribution < 1.29 is 0 Å². The topological polar surface area (TPSA) is 3.01 Å². The lowest BCUT2D eigenvalue weighted by Crippen LogP contribution is -2.08. The maximum absolute atomic E-state index is 2.59. The van der Waals surface area contributed by atoms with Gasteiger partial charge in [0, 0.05) is 18.6 Å². The second-order valence-electron chi connectivity index (χ2n) is 3.33. The minimum absolute atomic E-state index is 0.898. The van der Waals surface area contributed by atoms with E-state index in [4.69, 9.17) is 0 Å². The molecular formula is C7H13N. The van der Waals surface area contributed by atoms with Crippen molar-refractivity contribution >= 4 is 0 Å². The van der Waals surface area contributed by atoms with Gasteiger partial charge in [0.1, 0.15) is 0 Å². The Balaban J connectivity index is 2.09. The van der Waals surface area contributed by atoms with Crippen LogP contribution in [-0.4, -0.2) is 23.5 Å². The molecule has 2 aliphatic heterocycles. The average Bonchev–Trinajstić information content (AvgIpc) is 2.35. The highest BCUT2D eigenvalue weighted by atomic mass is 15.4. The Bertz CT molecular complexity index is 95.0. The van der Waals surface area contributed by atoms with Crippen LogP contribution in [0.4, 0.5) is 0 Å². The van der Waals surface area contributed by atoms with E-state index in [9.17, 15) is 0 Å². The van der Waals surface area contributed by atoms with Crippen molar-refractivity contribution in [1.29, 1.82) is 0 Å². The second-order valence-corrected chi connectivity index (χ2v) is 3.33. The van der Waals surface area contributed by atoms with Gasteiger partial charge in [0.2, 0.25) is 0 Å². The van der Waals surface area contributed by atoms with E-state index in [-0.39, 0.29) is 0 Å². The van der Waals surface area contributed by atoms with Crippen molar-refractivity contribution in [3.05, 3.63) is 0 Å². The van der Waals surface area contributed by atoms with E-state index in [1.165, 1.54) is 13.0 Å². The molecule has 0 aliphatic carbocycles. The van der Waals surface area contributed by atoms with Gasteiger partial charge in [-0.2, -0.15) is 0 Å². The van der Waals surface area contributed by atoms with Crippen LogP contribution in [0.2, 0.25) is 0 Å². The lowest BCUT2D eigenvalue weighted by molar-refractivity contribution is 0.451. The van der Waals surface area contributed by atoms with Gasteiger partial charge in [0.25, 0.3) is 0 Å². The molecule has 2 fully saturated rings. The van der Waals surface area contributed by atoms with Crippen molar-refractivity contribution in [3.8, 4) is 0 Å². The van der Waals surface area contributed by atoms with Gasteiger partial charge in [-0.3, -0.25) is 4.90 Å². The molecule has 46 valence electrons. The Kier molecular flexibility index (Phi) is 0.762. The summed E-state index contributed by atoms with van der Waals surface area (Å²) in [6, 6.07) is 1.89. The van der Waals surface area contributed by atoms with E-state index < -0.39 is 0 Å². The van der Waals surface area contributed by atoms with Crippen molar-refractivity contribution in [1.82, 2.24) is 4.90 Å². The molecule has 0 aromatic rings. The summed E-state index contributed by atoms with van der Waals surface area (Å²) in [5.41, 5.74) is 0. The van der Waals surface area contributed by atoms with Crippen molar-refractivity contribution in [2.45, 2.75) is 32.4 Å². The molecule has 0 spiro atoms. The molecule has 2 saturated heterocycles. The Morgan fingerprint density at radius 2 is 2.12 bits per heavy atom. The highest BCUT2D eigenvalue weighted by molar-refractivity contribution is 5.02. The largest absolute Gasteiger partial charge is 0.295 e. The molecule has 1 nitrogen and oxygen atoms in total. The standard InChI is InChI=1S/C7H13N/c1-5-3-6(2)8-4-7(5)8/h5-7H,3-4H2,1-2H3. The number of nitrogens with zero attached hydrogens (tertiary/aromatic N) is 1. The highest BCUT2D eigenvalue weighted by Crippen LogP contribution is 2.39. The van der Waals surface area contributed by atoms with E-state index in [1.54, 1.807) is 0 Å². The maximum atomic E-state index is 2.59. The first-order chi connectivity index (χ1) is 3.79. The first-order valence-electron chi connectivity index (χ1n) is 3.55. The predicted molar refractivity (Wildman–Crippen MR) is 33.7 cm³/mol. The Hall–Kier alpha value is -0.0400. The molecule has 0 amide bonds. The lowest BCUT2D eigenvalue weighted by Gasteiger charge is -2.04. The van der Waals surface area contributed by atoms with Crippen LogP contribution >= 0.6 is 0 Å². The maximum Gasteiger partial charge on any atom is 0.0253 e. The van der Waals surface area contributed by atoms with E-state index in [0.717, 1.165) is 18.0 Å². The van der Waals surface area contributed by atoms with Crippen LogP contribution in [0.15, 0.2) is 0 Å². The average molecular weight is 111 g/mol. The smallest absolute Gasteiger partial charge is 0.0253 e. The van der Waals surface area contributed by atoms with Crippen LogP contribution in [0.3, 0.4) is 0 Å². The zero-order valence-electron chi connectivity index (χ0n) is 5.59. The molecular weight excluding hydrogens is 98.1 g/mol. The summed E-state index contributed by atoms with van der Waals surface area (Å²) in [4.78, 5) is 2.59. The number of hydrogen-bond donors (Lipinski definition) is 0. The normalized spacial score (nSPS) is 60.8. The summed E-state index contributed by atoms with van der Waals surface area (Å²) in [5, 5.41) is 0. The Morgan fingerprint density at radius 1 is 1.38 bits per heavy atom. The molecule has 0 bridgehead atoms. The fourth-order valence-corrected chi connectivity index (χ4v) is 2.01. The van der Waals surface area contributed by atoms with E-state index in [2.05, 4.69) is 18.7 Å². The van der Waals surface area contributed by atoms with Crippen molar-refractivity contribution in [2.75, 3.05) is 6.54 Å². The first-order valence-corrected chi connectivity index (χ1v) is 3.55. The highest BCUT2D eigenvalue weighted by Gasteiger charge is 2.47. The van der Waals surface area contributed by atoms with Crippen molar-refractivity contribution in [3.63, 3.8) is 0 Å². The van der Waals surface area contributed by atoms with Crippen LogP contribution in [-0.2, 0) is 0 Å². The van der Waals surface area contributed by atoms with Gasteiger partial charge < -0.3 is 0 Å². The molecule has 2 rings (SSSR count). The minimum atomic E-state index is 0.898. The van der Waals surface area contributed by atoms with Crippen LogP contribution in [0.25, 0.3) is 0 Å². The third-order valence-electron chi connectivity index (χ3n) is 2.63. The molecule has 2 aliphatic rings. The monoisotopic (exact) mass is 111 g/mol. The van der Waals surface area contributed by atoms with Gasteiger partial charge in [0.15, 0.2) is 0 Å². The third-order valence-corrected chi connectivity index (χ3v) is 2.63. The summed E-state index contributed by atoms with van der Waals surface area (Å²) in [5.74, 6) is 0.991. The van der Waals surface area contributed by atoms with E-state index >= 15 is 0 Å². The molecule has 0 radical (unpaired) electrons. The predicted octanol–water partition coefficient (Wildman–Crippen LogP) is 1.10. The zero-order chi connectivity index (χ0) is 5.72.